The van der Waals surface area contributed by atoms with Gasteiger partial charge in [0.25, 0.3) is 7.82 Å². The number of hydrogen-bond acceptors (Lipinski definition) is 7. The summed E-state index contributed by atoms with van der Waals surface area (Å²) in [5.41, 5.74) is 0. The molecule has 8 nitrogen and oxygen atoms in total. The molecule has 0 spiro atoms. The van der Waals surface area contributed by atoms with Crippen molar-refractivity contribution >= 4 is 13.8 Å². The summed E-state index contributed by atoms with van der Waals surface area (Å²) in [6, 6.07) is 0. The Bertz CT molecular complexity index is 1060. The number of carbonyl (C=O) groups excluding carboxylic acids is 1. The van der Waals surface area contributed by atoms with E-state index in [-0.39, 0.29) is 25.8 Å². The van der Waals surface area contributed by atoms with Crippen molar-refractivity contribution in [2.24, 2.45) is 0 Å². The average Bonchev–Trinajstić information content (AvgIpc) is 3.14. The zero-order valence-electron chi connectivity index (χ0n) is 36.1. The zero-order chi connectivity index (χ0) is 40.6. The van der Waals surface area contributed by atoms with E-state index >= 15 is 0 Å². The molecule has 2 atom stereocenters. The Morgan fingerprint density at radius 1 is 0.582 bits per heavy atom. The van der Waals surface area contributed by atoms with Gasteiger partial charge in [0.05, 0.1) is 34.0 Å². The SMILES string of the molecule is CCCCC/C=C\C/C=C\C/C=C\CCCCCCC(=O)OCC(COP(=O)([O-])OCC[N+](C)(C)C)O/C=C\CCCCCC/C=C\CCCCCCCC. The molecular weight excluding hydrogens is 709 g/mol. The van der Waals surface area contributed by atoms with Gasteiger partial charge in [0.2, 0.25) is 0 Å². The van der Waals surface area contributed by atoms with Crippen LogP contribution in [0.3, 0.4) is 0 Å². The molecule has 0 amide bonds. The number of unbranched alkanes of at least 4 members (excludes halogenated alkanes) is 18. The molecule has 0 aromatic heterocycles. The number of phosphoric acid groups is 1. The van der Waals surface area contributed by atoms with Crippen molar-refractivity contribution in [3.05, 3.63) is 60.9 Å². The fraction of sp³-hybridized carbons (Fsp3) is 0.761. The van der Waals surface area contributed by atoms with Crippen LogP contribution in [-0.2, 0) is 27.9 Å². The molecule has 0 saturated carbocycles. The molecule has 9 heteroatoms. The molecule has 0 saturated heterocycles. The standard InChI is InChI=1S/C46H84NO7P/c1-6-8-10-12-14-16-18-20-22-24-25-27-29-31-33-35-37-39-46(48)52-43-45(44-54-55(49,50)53-42-40-47(3,4)5)51-41-38-36-34-32-30-28-26-23-21-19-17-15-13-11-9-7-2/h14,16,20-23,25,27,38,41,45H,6-13,15,17-19,24,26,28-37,39-40,42-44H2,1-5H3/b16-14-,22-20-,23-21-,27-25-,41-38-. The topological polar surface area (TPSA) is 94.1 Å². The van der Waals surface area contributed by atoms with Gasteiger partial charge in [-0.1, -0.05) is 133 Å². The van der Waals surface area contributed by atoms with Gasteiger partial charge in [-0.05, 0) is 89.5 Å². The van der Waals surface area contributed by atoms with Crippen molar-refractivity contribution in [1.82, 2.24) is 0 Å². The molecule has 0 heterocycles. The van der Waals surface area contributed by atoms with Crippen LogP contribution in [0.1, 0.15) is 174 Å². The van der Waals surface area contributed by atoms with E-state index < -0.39 is 13.9 Å². The number of quaternary nitrogens is 1. The fourth-order valence-corrected chi connectivity index (χ4v) is 6.32. The van der Waals surface area contributed by atoms with Crippen LogP contribution >= 0.6 is 7.82 Å². The van der Waals surface area contributed by atoms with Gasteiger partial charge in [-0.15, -0.1) is 0 Å². The first-order valence-electron chi connectivity index (χ1n) is 22.1. The number of hydrogen-bond donors (Lipinski definition) is 0. The first-order valence-corrected chi connectivity index (χ1v) is 23.5. The van der Waals surface area contributed by atoms with E-state index in [0.29, 0.717) is 17.4 Å². The van der Waals surface area contributed by atoms with Crippen LogP contribution in [0.4, 0.5) is 0 Å². The van der Waals surface area contributed by atoms with E-state index in [1.54, 1.807) is 6.26 Å². The lowest BCUT2D eigenvalue weighted by molar-refractivity contribution is -0.870. The summed E-state index contributed by atoms with van der Waals surface area (Å²) >= 11 is 0. The Morgan fingerprint density at radius 2 is 1.02 bits per heavy atom. The van der Waals surface area contributed by atoms with Gasteiger partial charge in [0.1, 0.15) is 19.8 Å². The number of rotatable bonds is 40. The number of allylic oxidation sites excluding steroid dienone is 9. The van der Waals surface area contributed by atoms with Crippen LogP contribution in [-0.4, -0.2) is 64.1 Å². The van der Waals surface area contributed by atoms with Crippen molar-refractivity contribution in [1.29, 1.82) is 0 Å². The predicted molar refractivity (Wildman–Crippen MR) is 231 cm³/mol. The van der Waals surface area contributed by atoms with Crippen molar-refractivity contribution in [3.63, 3.8) is 0 Å². The third-order valence-electron chi connectivity index (χ3n) is 9.13. The quantitative estimate of drug-likeness (QED) is 0.0152. The van der Waals surface area contributed by atoms with E-state index in [4.69, 9.17) is 18.5 Å². The zero-order valence-corrected chi connectivity index (χ0v) is 37.0. The molecule has 0 aromatic carbocycles. The van der Waals surface area contributed by atoms with Gasteiger partial charge in [0.15, 0.2) is 6.10 Å². The lowest BCUT2D eigenvalue weighted by Crippen LogP contribution is -2.37. The van der Waals surface area contributed by atoms with Crippen LogP contribution in [0, 0.1) is 0 Å². The highest BCUT2D eigenvalue weighted by Crippen LogP contribution is 2.38. The highest BCUT2D eigenvalue weighted by molar-refractivity contribution is 7.45. The Hall–Kier alpha value is -1.96. The normalized spacial score (nSPS) is 14.3. The number of nitrogens with zero attached hydrogens (tertiary/aromatic N) is 1. The van der Waals surface area contributed by atoms with Crippen LogP contribution in [0.15, 0.2) is 60.9 Å². The number of carbonyl (C=O) groups is 1. The van der Waals surface area contributed by atoms with E-state index in [1.165, 1.54) is 83.5 Å². The van der Waals surface area contributed by atoms with Crippen molar-refractivity contribution < 1.29 is 37.3 Å². The monoisotopic (exact) mass is 794 g/mol. The third-order valence-corrected chi connectivity index (χ3v) is 10.1. The molecule has 320 valence electrons. The summed E-state index contributed by atoms with van der Waals surface area (Å²) in [6.45, 7) is 4.63. The molecule has 0 aromatic rings. The second-order valence-corrected chi connectivity index (χ2v) is 17.2. The molecular formula is C46H84NO7P. The highest BCUT2D eigenvalue weighted by atomic mass is 31.2. The molecule has 55 heavy (non-hydrogen) atoms. The van der Waals surface area contributed by atoms with E-state index in [9.17, 15) is 14.3 Å². The molecule has 0 aliphatic heterocycles. The molecule has 0 aliphatic rings. The minimum Gasteiger partial charge on any atom is -0.756 e. The van der Waals surface area contributed by atoms with Crippen LogP contribution in [0.25, 0.3) is 0 Å². The summed E-state index contributed by atoms with van der Waals surface area (Å²) < 4.78 is 34.3. The Kier molecular flexibility index (Phi) is 37.5. The van der Waals surface area contributed by atoms with Crippen LogP contribution in [0.5, 0.6) is 0 Å². The molecule has 0 rings (SSSR count). The number of phosphoric ester groups is 1. The first-order chi connectivity index (χ1) is 26.6. The summed E-state index contributed by atoms with van der Waals surface area (Å²) in [7, 11) is 1.33. The van der Waals surface area contributed by atoms with Crippen molar-refractivity contribution in [2.75, 3.05) is 47.5 Å². The number of esters is 1. The second-order valence-electron chi connectivity index (χ2n) is 15.8. The van der Waals surface area contributed by atoms with Crippen molar-refractivity contribution in [2.45, 2.75) is 180 Å². The summed E-state index contributed by atoms with van der Waals surface area (Å²) in [4.78, 5) is 24.8. The van der Waals surface area contributed by atoms with Crippen molar-refractivity contribution in [3.8, 4) is 0 Å². The lowest BCUT2D eigenvalue weighted by Gasteiger charge is -2.28. The first kappa shape index (κ1) is 53.0. The smallest absolute Gasteiger partial charge is 0.305 e. The largest absolute Gasteiger partial charge is 0.756 e. The predicted octanol–water partition coefficient (Wildman–Crippen LogP) is 12.7. The molecule has 0 radical (unpaired) electrons. The Balaban J connectivity index is 4.36. The summed E-state index contributed by atoms with van der Waals surface area (Å²) in [6.07, 6.45) is 49.0. The third kappa shape index (κ3) is 43.0. The van der Waals surface area contributed by atoms with Gasteiger partial charge < -0.3 is 27.9 Å². The number of ether oxygens (including phenoxy) is 2. The van der Waals surface area contributed by atoms with Crippen LogP contribution < -0.4 is 4.89 Å². The molecule has 0 bridgehead atoms. The average molecular weight is 794 g/mol. The highest BCUT2D eigenvalue weighted by Gasteiger charge is 2.19. The summed E-state index contributed by atoms with van der Waals surface area (Å²) in [5, 5.41) is 0. The maximum atomic E-state index is 12.5. The van der Waals surface area contributed by atoms with Gasteiger partial charge in [-0.2, -0.15) is 0 Å². The Morgan fingerprint density at radius 3 is 1.56 bits per heavy atom. The molecule has 0 N–H and O–H groups in total. The maximum Gasteiger partial charge on any atom is 0.305 e. The van der Waals surface area contributed by atoms with Gasteiger partial charge in [-0.3, -0.25) is 9.36 Å². The minimum atomic E-state index is -4.53. The lowest BCUT2D eigenvalue weighted by atomic mass is 10.1. The van der Waals surface area contributed by atoms with Gasteiger partial charge in [-0.25, -0.2) is 0 Å². The minimum absolute atomic E-state index is 0.0190. The Labute approximate surface area is 339 Å². The molecule has 0 fully saturated rings. The van der Waals surface area contributed by atoms with Crippen LogP contribution in [0.2, 0.25) is 0 Å². The second kappa shape index (κ2) is 38.9. The molecule has 2 unspecified atom stereocenters. The van der Waals surface area contributed by atoms with Gasteiger partial charge in [0, 0.05) is 6.42 Å². The molecule has 0 aliphatic carbocycles. The van der Waals surface area contributed by atoms with E-state index in [2.05, 4.69) is 62.5 Å². The number of likely N-dealkylation sites (N-methyl/N-ethyl adjacent to an activating group) is 1. The fourth-order valence-electron chi connectivity index (χ4n) is 5.59. The van der Waals surface area contributed by atoms with E-state index in [0.717, 1.165) is 70.6 Å². The summed E-state index contributed by atoms with van der Waals surface area (Å²) in [5.74, 6) is -0.318. The van der Waals surface area contributed by atoms with Gasteiger partial charge >= 0.3 is 5.97 Å². The maximum absolute atomic E-state index is 12.5. The van der Waals surface area contributed by atoms with E-state index in [1.807, 2.05) is 27.2 Å².